The van der Waals surface area contributed by atoms with E-state index in [0.717, 1.165) is 39.8 Å². The van der Waals surface area contributed by atoms with E-state index < -0.39 is 18.1 Å². The van der Waals surface area contributed by atoms with Crippen molar-refractivity contribution in [2.75, 3.05) is 6.61 Å². The van der Waals surface area contributed by atoms with Crippen LogP contribution in [0.3, 0.4) is 0 Å². The van der Waals surface area contributed by atoms with E-state index in [0.29, 0.717) is 65.0 Å². The number of hydrogen-bond donors (Lipinski definition) is 2. The third kappa shape index (κ3) is 9.52. The monoisotopic (exact) mass is 843 g/mol. The van der Waals surface area contributed by atoms with E-state index in [1.54, 1.807) is 48.8 Å². The Labute approximate surface area is 358 Å². The summed E-state index contributed by atoms with van der Waals surface area (Å²) in [5.74, 6) is 1.72. The molecule has 10 nitrogen and oxygen atoms in total. The van der Waals surface area contributed by atoms with Crippen LogP contribution in [0.25, 0.3) is 0 Å². The summed E-state index contributed by atoms with van der Waals surface area (Å²) in [6, 6.07) is 36.0. The van der Waals surface area contributed by atoms with Gasteiger partial charge in [0.2, 0.25) is 5.91 Å². The Hall–Kier alpha value is -6.07. The first-order valence-corrected chi connectivity index (χ1v) is 20.6. The zero-order valence-corrected chi connectivity index (χ0v) is 34.3. The van der Waals surface area contributed by atoms with Crippen molar-refractivity contribution >= 4 is 35.1 Å². The van der Waals surface area contributed by atoms with Gasteiger partial charge in [0.25, 0.3) is 0 Å². The minimum absolute atomic E-state index is 0.101. The largest absolute Gasteiger partial charge is 0.489 e. The number of halogens is 2. The number of fused-ring (bicyclic) bond motifs is 2. The fraction of sp³-hybridized carbons (Fsp3) is 0.229. The number of aromatic nitrogens is 1. The van der Waals surface area contributed by atoms with Crippen LogP contribution < -0.4 is 24.3 Å². The van der Waals surface area contributed by atoms with Crippen LogP contribution in [0.15, 0.2) is 134 Å². The molecular formula is C48H43Cl2N3O7. The number of aliphatic carboxylic acids is 1. The lowest BCUT2D eigenvalue weighted by atomic mass is 9.89. The van der Waals surface area contributed by atoms with E-state index >= 15 is 0 Å². The van der Waals surface area contributed by atoms with E-state index in [2.05, 4.69) is 34.3 Å². The Morgan fingerprint density at radius 2 is 1.53 bits per heavy atom. The van der Waals surface area contributed by atoms with Crippen molar-refractivity contribution in [1.29, 1.82) is 0 Å². The summed E-state index contributed by atoms with van der Waals surface area (Å²) >= 11 is 12.2. The molecule has 306 valence electrons. The number of carboxylic acid groups (broad SMARTS) is 1. The van der Waals surface area contributed by atoms with Gasteiger partial charge in [-0.2, -0.15) is 0 Å². The number of carboxylic acids is 1. The van der Waals surface area contributed by atoms with Crippen molar-refractivity contribution in [1.82, 2.24) is 15.2 Å². The summed E-state index contributed by atoms with van der Waals surface area (Å²) in [4.78, 5) is 33.2. The Kier molecular flexibility index (Phi) is 12.5. The number of carbonyl (C=O) groups excluding carboxylic acids is 1. The number of nitrogens with zero attached hydrogens (tertiary/aromatic N) is 2. The fourth-order valence-corrected chi connectivity index (χ4v) is 8.08. The predicted octanol–water partition coefficient (Wildman–Crippen LogP) is 9.96. The fourth-order valence-electron chi connectivity index (χ4n) is 7.76. The molecule has 2 aliphatic rings. The number of amides is 1. The minimum atomic E-state index is -1.15. The van der Waals surface area contributed by atoms with Crippen molar-refractivity contribution < 1.29 is 33.6 Å². The molecule has 2 aliphatic heterocycles. The highest BCUT2D eigenvalue weighted by atomic mass is 35.5. The zero-order chi connectivity index (χ0) is 41.6. The molecule has 3 heterocycles. The summed E-state index contributed by atoms with van der Waals surface area (Å²) in [5, 5.41) is 14.2. The molecule has 4 atom stereocenters. The van der Waals surface area contributed by atoms with Gasteiger partial charge in [0.1, 0.15) is 36.5 Å². The van der Waals surface area contributed by atoms with Crippen LogP contribution in [0.2, 0.25) is 10.0 Å². The van der Waals surface area contributed by atoms with Crippen LogP contribution >= 0.6 is 23.2 Å². The maximum absolute atomic E-state index is 14.4. The van der Waals surface area contributed by atoms with Crippen molar-refractivity contribution in [3.63, 3.8) is 0 Å². The number of pyridine rings is 1. The highest BCUT2D eigenvalue weighted by molar-refractivity contribution is 6.42. The summed E-state index contributed by atoms with van der Waals surface area (Å²) in [6.45, 7) is 3.19. The average molecular weight is 845 g/mol. The molecule has 0 spiro atoms. The molecular weight excluding hydrogens is 801 g/mol. The van der Waals surface area contributed by atoms with Gasteiger partial charge in [-0.25, -0.2) is 4.79 Å². The summed E-state index contributed by atoms with van der Waals surface area (Å²) in [7, 11) is 0. The van der Waals surface area contributed by atoms with Crippen LogP contribution in [0.5, 0.6) is 28.7 Å². The van der Waals surface area contributed by atoms with Gasteiger partial charge in [0.05, 0.1) is 16.1 Å². The number of ether oxygens (including phenoxy) is 4. The minimum Gasteiger partial charge on any atom is -0.489 e. The molecule has 0 radical (unpaired) electrons. The van der Waals surface area contributed by atoms with Crippen LogP contribution in [-0.2, 0) is 35.6 Å². The van der Waals surface area contributed by atoms with Gasteiger partial charge < -0.3 is 29.4 Å². The van der Waals surface area contributed by atoms with Gasteiger partial charge in [0, 0.05) is 31.4 Å². The maximum Gasteiger partial charge on any atom is 0.326 e. The van der Waals surface area contributed by atoms with Gasteiger partial charge in [0.15, 0.2) is 17.6 Å². The Morgan fingerprint density at radius 1 is 0.833 bits per heavy atom. The van der Waals surface area contributed by atoms with Gasteiger partial charge in [-0.1, -0.05) is 90.8 Å². The molecule has 1 aromatic heterocycles. The van der Waals surface area contributed by atoms with Gasteiger partial charge >= 0.3 is 5.97 Å². The lowest BCUT2D eigenvalue weighted by Crippen LogP contribution is -2.55. The van der Waals surface area contributed by atoms with Crippen molar-refractivity contribution in [3.8, 4) is 28.7 Å². The molecule has 8 rings (SSSR count). The van der Waals surface area contributed by atoms with E-state index in [4.69, 9.17) is 42.1 Å². The van der Waals surface area contributed by atoms with Crippen LogP contribution in [-0.4, -0.2) is 45.6 Å². The molecule has 0 bridgehead atoms. The molecule has 1 amide bonds. The standard InChI is InChI=1S/C48H43Cl2N3O7/c1-2-42(32-6-4-3-5-7-32)53-27-35-26-45-44(58-29-46(60-45)33-11-15-36(16-12-33)57-28-31-10-17-39(49)40(50)22-31)25-34(35)24-43(53)47(54)52-41(48(55)56)23-30-8-13-37(14-9-30)59-38-18-20-51-21-19-38/h3-22,25-26,41-43,46H,2,23-24,27-29H2,1H3,(H,52,54)(H,55,56)/t41?,42-,43-,46+/m0/s1. The SMILES string of the molecule is CC[C@@H](c1ccccc1)N1Cc2cc3c(cc2C[C@H]1C(=O)NC(Cc1ccc(Oc2ccncc2)cc1)C(=O)O)OC[C@H](c1ccc(OCc2ccc(Cl)c(Cl)c2)cc1)O3. The van der Waals surface area contributed by atoms with Gasteiger partial charge in [-0.05, 0) is 107 Å². The average Bonchev–Trinajstić information content (AvgIpc) is 3.27. The highest BCUT2D eigenvalue weighted by Gasteiger charge is 2.38. The Bertz CT molecular complexity index is 2440. The number of hydrogen-bond acceptors (Lipinski definition) is 8. The van der Waals surface area contributed by atoms with E-state index in [1.165, 1.54) is 0 Å². The van der Waals surface area contributed by atoms with E-state index in [9.17, 15) is 14.7 Å². The Morgan fingerprint density at radius 3 is 2.25 bits per heavy atom. The number of nitrogens with one attached hydrogen (secondary N) is 1. The molecule has 0 saturated carbocycles. The summed E-state index contributed by atoms with van der Waals surface area (Å²) < 4.78 is 24.7. The molecule has 0 saturated heterocycles. The summed E-state index contributed by atoms with van der Waals surface area (Å²) in [6.07, 6.45) is 4.14. The quantitative estimate of drug-likeness (QED) is 0.110. The first-order valence-electron chi connectivity index (χ1n) is 19.8. The number of rotatable bonds is 14. The molecule has 0 aliphatic carbocycles. The highest BCUT2D eigenvalue weighted by Crippen LogP contribution is 2.42. The lowest BCUT2D eigenvalue weighted by molar-refractivity contribution is -0.143. The smallest absolute Gasteiger partial charge is 0.326 e. The van der Waals surface area contributed by atoms with Crippen molar-refractivity contribution in [2.24, 2.45) is 0 Å². The number of benzene rings is 5. The molecule has 2 N–H and O–H groups in total. The summed E-state index contributed by atoms with van der Waals surface area (Å²) in [5.41, 5.74) is 5.65. The van der Waals surface area contributed by atoms with E-state index in [-0.39, 0.29) is 24.5 Å². The van der Waals surface area contributed by atoms with Gasteiger partial charge in [-0.3, -0.25) is 14.7 Å². The predicted molar refractivity (Wildman–Crippen MR) is 229 cm³/mol. The molecule has 6 aromatic rings. The topological polar surface area (TPSA) is 119 Å². The van der Waals surface area contributed by atoms with Crippen LogP contribution in [0.4, 0.5) is 0 Å². The van der Waals surface area contributed by atoms with Crippen molar-refractivity contribution in [2.45, 2.75) is 63.6 Å². The first-order chi connectivity index (χ1) is 29.2. The second-order valence-corrected chi connectivity index (χ2v) is 15.7. The molecule has 12 heteroatoms. The third-order valence-electron chi connectivity index (χ3n) is 10.9. The molecule has 5 aromatic carbocycles. The van der Waals surface area contributed by atoms with Crippen LogP contribution in [0, 0.1) is 0 Å². The normalized spacial score (nSPS) is 16.9. The first kappa shape index (κ1) is 40.7. The van der Waals surface area contributed by atoms with Gasteiger partial charge in [-0.15, -0.1) is 0 Å². The molecule has 1 unspecified atom stereocenters. The maximum atomic E-state index is 14.4. The second-order valence-electron chi connectivity index (χ2n) is 14.9. The van der Waals surface area contributed by atoms with Crippen LogP contribution in [0.1, 0.15) is 58.9 Å². The number of carbonyl (C=O) groups is 2. The van der Waals surface area contributed by atoms with Crippen molar-refractivity contribution in [3.05, 3.63) is 177 Å². The Balaban J connectivity index is 0.981. The molecule has 60 heavy (non-hydrogen) atoms. The second kappa shape index (κ2) is 18.5. The third-order valence-corrected chi connectivity index (χ3v) is 11.6. The molecule has 0 fully saturated rings. The zero-order valence-electron chi connectivity index (χ0n) is 32.8. The lowest BCUT2D eigenvalue weighted by Gasteiger charge is -2.42. The van der Waals surface area contributed by atoms with E-state index in [1.807, 2.05) is 72.8 Å².